The highest BCUT2D eigenvalue weighted by Gasteiger charge is 2.22. The van der Waals surface area contributed by atoms with Crippen molar-refractivity contribution in [2.24, 2.45) is 0 Å². The third kappa shape index (κ3) is 4.14. The minimum absolute atomic E-state index is 0.0270. The summed E-state index contributed by atoms with van der Waals surface area (Å²) >= 11 is 0.230. The number of hydrogen-bond acceptors (Lipinski definition) is 4. The van der Waals surface area contributed by atoms with Crippen molar-refractivity contribution in [1.29, 1.82) is 0 Å². The molecule has 2 amide bonds. The number of anilines is 2. The molecular formula is C17H15F2N3O2S. The second kappa shape index (κ2) is 7.60. The third-order valence-electron chi connectivity index (χ3n) is 3.71. The van der Waals surface area contributed by atoms with Gasteiger partial charge in [-0.15, -0.1) is 0 Å². The molecule has 1 aliphatic heterocycles. The van der Waals surface area contributed by atoms with E-state index < -0.39 is 11.7 Å². The molecule has 1 fully saturated rings. The van der Waals surface area contributed by atoms with Gasteiger partial charge in [-0.3, -0.25) is 9.59 Å². The van der Waals surface area contributed by atoms with E-state index in [0.717, 1.165) is 6.42 Å². The normalized spacial score (nSPS) is 14.2. The minimum atomic E-state index is -2.66. The maximum Gasteiger partial charge on any atom is 0.290 e. The average molecular weight is 363 g/mol. The molecule has 8 heteroatoms. The highest BCUT2D eigenvalue weighted by Crippen LogP contribution is 2.28. The van der Waals surface area contributed by atoms with Gasteiger partial charge < -0.3 is 10.2 Å². The third-order valence-corrected chi connectivity index (χ3v) is 4.43. The molecule has 0 unspecified atom stereocenters. The minimum Gasteiger partial charge on any atom is -0.322 e. The predicted octanol–water partition coefficient (Wildman–Crippen LogP) is 3.78. The van der Waals surface area contributed by atoms with Gasteiger partial charge in [0, 0.05) is 30.5 Å². The zero-order chi connectivity index (χ0) is 17.8. The lowest BCUT2D eigenvalue weighted by Crippen LogP contribution is -2.23. The van der Waals surface area contributed by atoms with Crippen LogP contribution in [0, 0.1) is 0 Å². The molecule has 2 heterocycles. The van der Waals surface area contributed by atoms with Gasteiger partial charge in [0.15, 0.2) is 0 Å². The Balaban J connectivity index is 1.79. The Kier molecular flexibility index (Phi) is 5.28. The average Bonchev–Trinajstić information content (AvgIpc) is 3.01. The summed E-state index contributed by atoms with van der Waals surface area (Å²) in [6, 6.07) is 9.86. The van der Waals surface area contributed by atoms with Crippen LogP contribution >= 0.6 is 11.8 Å². The lowest BCUT2D eigenvalue weighted by Gasteiger charge is -2.17. The van der Waals surface area contributed by atoms with E-state index in [9.17, 15) is 18.4 Å². The maximum atomic E-state index is 12.6. The first-order valence-electron chi connectivity index (χ1n) is 7.66. The SMILES string of the molecule is O=C(Nc1cccc(N2CCCC2=O)c1)c1cccnc1SC(F)F. The summed E-state index contributed by atoms with van der Waals surface area (Å²) < 4.78 is 25.2. The van der Waals surface area contributed by atoms with Crippen LogP contribution in [0.5, 0.6) is 0 Å². The van der Waals surface area contributed by atoms with Gasteiger partial charge in [0.25, 0.3) is 11.7 Å². The fourth-order valence-corrected chi connectivity index (χ4v) is 3.19. The number of rotatable bonds is 5. The number of carbonyl (C=O) groups is 2. The Bertz CT molecular complexity index is 801. The predicted molar refractivity (Wildman–Crippen MR) is 92.1 cm³/mol. The highest BCUT2D eigenvalue weighted by molar-refractivity contribution is 7.99. The van der Waals surface area contributed by atoms with Gasteiger partial charge in [0.2, 0.25) is 5.91 Å². The number of halogens is 2. The molecule has 0 bridgehead atoms. The van der Waals surface area contributed by atoms with Crippen LogP contribution in [0.4, 0.5) is 20.2 Å². The Hall–Kier alpha value is -2.48. The number of benzene rings is 1. The number of nitrogens with one attached hydrogen (secondary N) is 1. The molecule has 1 aliphatic rings. The monoisotopic (exact) mass is 363 g/mol. The number of amides is 2. The van der Waals surface area contributed by atoms with E-state index in [1.165, 1.54) is 18.3 Å². The van der Waals surface area contributed by atoms with Gasteiger partial charge in [-0.25, -0.2) is 4.98 Å². The summed E-state index contributed by atoms with van der Waals surface area (Å²) in [5.74, 6) is -3.14. The van der Waals surface area contributed by atoms with Crippen molar-refractivity contribution in [2.45, 2.75) is 23.6 Å². The van der Waals surface area contributed by atoms with Crippen LogP contribution in [-0.2, 0) is 4.79 Å². The topological polar surface area (TPSA) is 62.3 Å². The van der Waals surface area contributed by atoms with E-state index in [1.807, 2.05) is 0 Å². The standard InChI is InChI=1S/C17H15F2N3O2S/c18-17(19)25-16-13(6-2-8-20-16)15(24)21-11-4-1-5-12(10-11)22-9-3-7-14(22)23/h1-2,4-6,8,10,17H,3,7,9H2,(H,21,24). The second-order valence-electron chi connectivity index (χ2n) is 5.39. The lowest BCUT2D eigenvalue weighted by molar-refractivity contribution is -0.117. The Morgan fingerprint density at radius 3 is 2.84 bits per heavy atom. The first kappa shape index (κ1) is 17.3. The molecule has 0 radical (unpaired) electrons. The van der Waals surface area contributed by atoms with Gasteiger partial charge in [-0.1, -0.05) is 6.07 Å². The Labute approximate surface area is 147 Å². The summed E-state index contributed by atoms with van der Waals surface area (Å²) in [6.45, 7) is 0.647. The number of thioether (sulfide) groups is 1. The van der Waals surface area contributed by atoms with Gasteiger partial charge in [-0.05, 0) is 48.5 Å². The van der Waals surface area contributed by atoms with Crippen LogP contribution in [-0.4, -0.2) is 29.1 Å². The van der Waals surface area contributed by atoms with Crippen molar-refractivity contribution in [3.8, 4) is 0 Å². The molecule has 3 rings (SSSR count). The Morgan fingerprint density at radius 2 is 2.12 bits per heavy atom. The van der Waals surface area contributed by atoms with Crippen LogP contribution in [0.15, 0.2) is 47.6 Å². The zero-order valence-corrected chi connectivity index (χ0v) is 13.9. The molecule has 2 aromatic rings. The summed E-state index contributed by atoms with van der Waals surface area (Å²) in [4.78, 5) is 29.8. The molecular weight excluding hydrogens is 348 g/mol. The van der Waals surface area contributed by atoms with Crippen LogP contribution in [0.25, 0.3) is 0 Å². The van der Waals surface area contributed by atoms with Gasteiger partial charge in [-0.2, -0.15) is 8.78 Å². The van der Waals surface area contributed by atoms with Crippen molar-refractivity contribution in [3.63, 3.8) is 0 Å². The first-order chi connectivity index (χ1) is 12.0. The molecule has 25 heavy (non-hydrogen) atoms. The van der Waals surface area contributed by atoms with E-state index >= 15 is 0 Å². The molecule has 1 N–H and O–H groups in total. The number of hydrogen-bond donors (Lipinski definition) is 1. The molecule has 5 nitrogen and oxygen atoms in total. The largest absolute Gasteiger partial charge is 0.322 e. The van der Waals surface area contributed by atoms with Crippen molar-refractivity contribution in [1.82, 2.24) is 4.98 Å². The number of pyridine rings is 1. The van der Waals surface area contributed by atoms with Crippen molar-refractivity contribution < 1.29 is 18.4 Å². The van der Waals surface area contributed by atoms with Crippen molar-refractivity contribution in [3.05, 3.63) is 48.2 Å². The van der Waals surface area contributed by atoms with Crippen LogP contribution in [0.3, 0.4) is 0 Å². The summed E-state index contributed by atoms with van der Waals surface area (Å²) in [7, 11) is 0. The van der Waals surface area contributed by atoms with Crippen LogP contribution in [0.2, 0.25) is 0 Å². The quantitative estimate of drug-likeness (QED) is 0.822. The lowest BCUT2D eigenvalue weighted by atomic mass is 10.2. The molecule has 0 atom stereocenters. The molecule has 130 valence electrons. The van der Waals surface area contributed by atoms with Gasteiger partial charge >= 0.3 is 0 Å². The number of aromatic nitrogens is 1. The van der Waals surface area contributed by atoms with Crippen molar-refractivity contribution >= 4 is 35.0 Å². The van der Waals surface area contributed by atoms with Crippen LogP contribution < -0.4 is 10.2 Å². The Morgan fingerprint density at radius 1 is 1.28 bits per heavy atom. The van der Waals surface area contributed by atoms with Crippen molar-refractivity contribution in [2.75, 3.05) is 16.8 Å². The molecule has 0 saturated carbocycles. The first-order valence-corrected chi connectivity index (χ1v) is 8.54. The summed E-state index contributed by atoms with van der Waals surface area (Å²) in [6.07, 6.45) is 2.68. The molecule has 0 spiro atoms. The van der Waals surface area contributed by atoms with E-state index in [-0.39, 0.29) is 28.3 Å². The van der Waals surface area contributed by atoms with E-state index in [0.29, 0.717) is 24.3 Å². The molecule has 1 aromatic heterocycles. The van der Waals surface area contributed by atoms with Gasteiger partial charge in [0.05, 0.1) is 5.56 Å². The second-order valence-corrected chi connectivity index (χ2v) is 6.37. The zero-order valence-electron chi connectivity index (χ0n) is 13.1. The smallest absolute Gasteiger partial charge is 0.290 e. The molecule has 1 saturated heterocycles. The van der Waals surface area contributed by atoms with E-state index in [1.54, 1.807) is 29.2 Å². The maximum absolute atomic E-state index is 12.6. The number of carbonyl (C=O) groups excluding carboxylic acids is 2. The molecule has 1 aromatic carbocycles. The fraction of sp³-hybridized carbons (Fsp3) is 0.235. The summed E-state index contributed by atoms with van der Waals surface area (Å²) in [5, 5.41) is 2.65. The van der Waals surface area contributed by atoms with E-state index in [2.05, 4.69) is 10.3 Å². The number of alkyl halides is 2. The van der Waals surface area contributed by atoms with Gasteiger partial charge in [0.1, 0.15) is 5.03 Å². The summed E-state index contributed by atoms with van der Waals surface area (Å²) in [5.41, 5.74) is 1.27. The van der Waals surface area contributed by atoms with Crippen LogP contribution in [0.1, 0.15) is 23.2 Å². The fourth-order valence-electron chi connectivity index (χ4n) is 2.61. The van der Waals surface area contributed by atoms with E-state index in [4.69, 9.17) is 0 Å². The number of nitrogens with zero attached hydrogens (tertiary/aromatic N) is 2. The molecule has 0 aliphatic carbocycles. The highest BCUT2D eigenvalue weighted by atomic mass is 32.2.